The number of hydrogen-bond acceptors (Lipinski definition) is 4. The Morgan fingerprint density at radius 2 is 1.89 bits per heavy atom. The van der Waals surface area contributed by atoms with E-state index in [1.807, 2.05) is 42.5 Å². The Hall–Kier alpha value is -3.32. The second kappa shape index (κ2) is 10.5. The van der Waals surface area contributed by atoms with Crippen molar-refractivity contribution in [2.45, 2.75) is 44.6 Å². The quantitative estimate of drug-likeness (QED) is 0.256. The maximum atomic E-state index is 13.5. The zero-order chi connectivity index (χ0) is 24.2. The number of para-hydroxylation sites is 1. The van der Waals surface area contributed by atoms with Crippen molar-refractivity contribution in [3.63, 3.8) is 0 Å². The van der Waals surface area contributed by atoms with E-state index in [2.05, 4.69) is 21.0 Å². The van der Waals surface area contributed by atoms with Gasteiger partial charge in [-0.1, -0.05) is 59.5 Å². The van der Waals surface area contributed by atoms with E-state index in [0.717, 1.165) is 41.3 Å². The summed E-state index contributed by atoms with van der Waals surface area (Å²) in [5.74, 6) is 1.20. The van der Waals surface area contributed by atoms with E-state index in [1.165, 1.54) is 23.2 Å². The van der Waals surface area contributed by atoms with E-state index in [-0.39, 0.29) is 23.9 Å². The van der Waals surface area contributed by atoms with E-state index < -0.39 is 0 Å². The lowest BCUT2D eigenvalue weighted by atomic mass is 9.88. The summed E-state index contributed by atoms with van der Waals surface area (Å²) in [6.07, 6.45) is 7.09. The minimum Gasteiger partial charge on any atom is -0.488 e. The maximum Gasteiger partial charge on any atom is 0.282 e. The average molecular weight is 534 g/mol. The molecule has 1 fully saturated rings. The Labute approximate surface area is 211 Å². The lowest BCUT2D eigenvalue weighted by Gasteiger charge is -2.22. The Morgan fingerprint density at radius 3 is 2.71 bits per heavy atom. The van der Waals surface area contributed by atoms with Crippen molar-refractivity contribution < 1.29 is 9.13 Å². The third kappa shape index (κ3) is 5.35. The van der Waals surface area contributed by atoms with Crippen LogP contribution in [0.25, 0.3) is 10.9 Å². The van der Waals surface area contributed by atoms with E-state index in [4.69, 9.17) is 9.72 Å². The molecule has 0 saturated heterocycles. The summed E-state index contributed by atoms with van der Waals surface area (Å²) in [5, 5.41) is 5.14. The molecule has 4 aromatic rings. The second-order valence-electron chi connectivity index (χ2n) is 8.78. The van der Waals surface area contributed by atoms with Crippen LogP contribution in [0, 0.1) is 5.82 Å². The van der Waals surface area contributed by atoms with Gasteiger partial charge in [0.15, 0.2) is 0 Å². The Bertz CT molecular complexity index is 1440. The third-order valence-electron chi connectivity index (χ3n) is 6.32. The first-order valence-corrected chi connectivity index (χ1v) is 12.6. The van der Waals surface area contributed by atoms with Crippen molar-refractivity contribution in [2.24, 2.45) is 5.10 Å². The highest BCUT2D eigenvalue weighted by molar-refractivity contribution is 9.10. The molecule has 1 heterocycles. The van der Waals surface area contributed by atoms with Crippen LogP contribution in [-0.2, 0) is 6.61 Å². The van der Waals surface area contributed by atoms with Crippen molar-refractivity contribution >= 4 is 33.0 Å². The molecule has 0 N–H and O–H groups in total. The zero-order valence-electron chi connectivity index (χ0n) is 19.2. The van der Waals surface area contributed by atoms with Gasteiger partial charge >= 0.3 is 0 Å². The van der Waals surface area contributed by atoms with Crippen LogP contribution >= 0.6 is 15.9 Å². The molecule has 0 unspecified atom stereocenters. The van der Waals surface area contributed by atoms with Crippen LogP contribution in [0.2, 0.25) is 0 Å². The Balaban J connectivity index is 1.51. The lowest BCUT2D eigenvalue weighted by molar-refractivity contribution is 0.305. The molecule has 5 rings (SSSR count). The van der Waals surface area contributed by atoms with E-state index in [0.29, 0.717) is 22.5 Å². The van der Waals surface area contributed by atoms with E-state index in [1.54, 1.807) is 18.3 Å². The standard InChI is InChI=1S/C28H25BrFN3O2/c29-22-13-14-25-24(16-22)28(34)33(27(32-25)20-8-2-1-3-9-20)31-17-21-10-4-5-12-26(21)35-18-19-7-6-11-23(30)15-19/h4-7,10-17,20H,1-3,8-9,18H2. The topological polar surface area (TPSA) is 56.5 Å². The summed E-state index contributed by atoms with van der Waals surface area (Å²) >= 11 is 3.46. The highest BCUT2D eigenvalue weighted by atomic mass is 79.9. The number of ether oxygens (including phenoxy) is 1. The molecule has 0 amide bonds. The molecule has 35 heavy (non-hydrogen) atoms. The monoisotopic (exact) mass is 533 g/mol. The molecule has 0 spiro atoms. The molecule has 1 aliphatic carbocycles. The molecule has 1 saturated carbocycles. The third-order valence-corrected chi connectivity index (χ3v) is 6.81. The minimum atomic E-state index is -0.300. The summed E-state index contributed by atoms with van der Waals surface area (Å²) in [6, 6.07) is 19.4. The van der Waals surface area contributed by atoms with Crippen molar-refractivity contribution in [1.82, 2.24) is 9.66 Å². The minimum absolute atomic E-state index is 0.189. The summed E-state index contributed by atoms with van der Waals surface area (Å²) in [5.41, 5.74) is 1.95. The first-order valence-electron chi connectivity index (χ1n) is 11.8. The SMILES string of the molecule is O=c1c2cc(Br)ccc2nc(C2CCCCC2)n1N=Cc1ccccc1OCc1cccc(F)c1. The second-order valence-corrected chi connectivity index (χ2v) is 9.70. The molecule has 1 aliphatic rings. The number of halogens is 2. The highest BCUT2D eigenvalue weighted by Gasteiger charge is 2.22. The van der Waals surface area contributed by atoms with Crippen LogP contribution in [0.15, 0.2) is 81.1 Å². The van der Waals surface area contributed by atoms with Crippen molar-refractivity contribution in [3.05, 3.63) is 104 Å². The van der Waals surface area contributed by atoms with Crippen molar-refractivity contribution in [3.8, 4) is 5.75 Å². The predicted octanol–water partition coefficient (Wildman–Crippen LogP) is 6.81. The predicted molar refractivity (Wildman–Crippen MR) is 140 cm³/mol. The first-order chi connectivity index (χ1) is 17.1. The normalized spacial score (nSPS) is 14.6. The molecular weight excluding hydrogens is 509 g/mol. The van der Waals surface area contributed by atoms with Crippen LogP contribution < -0.4 is 10.3 Å². The van der Waals surface area contributed by atoms with E-state index >= 15 is 0 Å². The van der Waals surface area contributed by atoms with Crippen LogP contribution in [0.4, 0.5) is 4.39 Å². The lowest BCUT2D eigenvalue weighted by Crippen LogP contribution is -2.25. The molecule has 7 heteroatoms. The van der Waals surface area contributed by atoms with Crippen LogP contribution in [0.1, 0.15) is 55.0 Å². The van der Waals surface area contributed by atoms with Crippen molar-refractivity contribution in [1.29, 1.82) is 0 Å². The van der Waals surface area contributed by atoms with Gasteiger partial charge in [0.05, 0.1) is 17.1 Å². The number of hydrogen-bond donors (Lipinski definition) is 0. The first kappa shape index (κ1) is 23.4. The number of nitrogens with zero attached hydrogens (tertiary/aromatic N) is 3. The van der Waals surface area contributed by atoms with E-state index in [9.17, 15) is 9.18 Å². The van der Waals surface area contributed by atoms with Gasteiger partial charge in [0.25, 0.3) is 5.56 Å². The van der Waals surface area contributed by atoms with Gasteiger partial charge < -0.3 is 4.74 Å². The summed E-state index contributed by atoms with van der Waals surface area (Å²) in [7, 11) is 0. The van der Waals surface area contributed by atoms with Crippen LogP contribution in [0.5, 0.6) is 5.75 Å². The molecule has 0 radical (unpaired) electrons. The molecule has 0 atom stereocenters. The van der Waals surface area contributed by atoms with Gasteiger partial charge in [-0.2, -0.15) is 9.78 Å². The summed E-state index contributed by atoms with van der Waals surface area (Å²) < 4.78 is 21.8. The molecule has 178 valence electrons. The number of rotatable bonds is 6. The fourth-order valence-electron chi connectivity index (χ4n) is 4.53. The van der Waals surface area contributed by atoms with Gasteiger partial charge in [0, 0.05) is 16.0 Å². The molecule has 1 aromatic heterocycles. The maximum absolute atomic E-state index is 13.5. The summed E-state index contributed by atoms with van der Waals surface area (Å²) in [6.45, 7) is 0.224. The number of benzene rings is 3. The largest absolute Gasteiger partial charge is 0.488 e. The Morgan fingerprint density at radius 1 is 1.06 bits per heavy atom. The molecule has 3 aromatic carbocycles. The number of fused-ring (bicyclic) bond motifs is 1. The smallest absolute Gasteiger partial charge is 0.282 e. The Kier molecular flexibility index (Phi) is 7.04. The molecule has 5 nitrogen and oxygen atoms in total. The van der Waals surface area contributed by atoms with Gasteiger partial charge in [-0.25, -0.2) is 9.37 Å². The van der Waals surface area contributed by atoms with Crippen LogP contribution in [-0.4, -0.2) is 15.9 Å². The fraction of sp³-hybridized carbons (Fsp3) is 0.250. The van der Waals surface area contributed by atoms with Crippen LogP contribution in [0.3, 0.4) is 0 Å². The highest BCUT2D eigenvalue weighted by Crippen LogP contribution is 2.32. The van der Waals surface area contributed by atoms with Gasteiger partial charge in [0.2, 0.25) is 0 Å². The summed E-state index contributed by atoms with van der Waals surface area (Å²) in [4.78, 5) is 18.4. The molecule has 0 aliphatic heterocycles. The van der Waals surface area contributed by atoms with Crippen molar-refractivity contribution in [2.75, 3.05) is 0 Å². The fourth-order valence-corrected chi connectivity index (χ4v) is 4.89. The zero-order valence-corrected chi connectivity index (χ0v) is 20.7. The average Bonchev–Trinajstić information content (AvgIpc) is 2.88. The molecular formula is C28H25BrFN3O2. The van der Waals surface area contributed by atoms with Gasteiger partial charge in [-0.15, -0.1) is 0 Å². The van der Waals surface area contributed by atoms with Gasteiger partial charge in [-0.05, 0) is 60.9 Å². The van der Waals surface area contributed by atoms with Gasteiger partial charge in [0.1, 0.15) is 24.0 Å². The molecule has 0 bridgehead atoms. The number of aromatic nitrogens is 2. The van der Waals surface area contributed by atoms with Gasteiger partial charge in [-0.3, -0.25) is 4.79 Å².